The van der Waals surface area contributed by atoms with Gasteiger partial charge in [0.2, 0.25) is 5.56 Å². The van der Waals surface area contributed by atoms with Crippen molar-refractivity contribution in [3.05, 3.63) is 52.2 Å². The second-order valence-corrected chi connectivity index (χ2v) is 7.60. The molecule has 0 aliphatic carbocycles. The molecule has 2 fully saturated rings. The van der Waals surface area contributed by atoms with E-state index in [1.54, 1.807) is 16.9 Å². The van der Waals surface area contributed by atoms with Crippen molar-refractivity contribution in [1.29, 1.82) is 0 Å². The van der Waals surface area contributed by atoms with E-state index >= 15 is 0 Å². The molecule has 2 saturated heterocycles. The highest BCUT2D eigenvalue weighted by atomic mass is 16.5. The van der Waals surface area contributed by atoms with Gasteiger partial charge in [-0.2, -0.15) is 5.10 Å². The molecule has 0 radical (unpaired) electrons. The molecule has 2 aliphatic rings. The fraction of sp³-hybridized carbons (Fsp3) is 0.550. The van der Waals surface area contributed by atoms with Crippen molar-refractivity contribution in [1.82, 2.24) is 24.6 Å². The monoisotopic (exact) mass is 385 g/mol. The minimum atomic E-state index is -0.276. The fourth-order valence-corrected chi connectivity index (χ4v) is 4.24. The van der Waals surface area contributed by atoms with Gasteiger partial charge < -0.3 is 19.5 Å². The van der Waals surface area contributed by atoms with E-state index in [1.165, 1.54) is 31.5 Å². The number of carbonyl (C=O) groups is 1. The van der Waals surface area contributed by atoms with E-state index in [1.807, 2.05) is 18.1 Å². The van der Waals surface area contributed by atoms with Gasteiger partial charge in [-0.3, -0.25) is 14.3 Å². The number of nitrogens with one attached hydrogen (secondary N) is 1. The van der Waals surface area contributed by atoms with Crippen LogP contribution in [0.1, 0.15) is 41.2 Å². The third kappa shape index (κ3) is 4.02. The number of carbonyl (C=O) groups excluding carboxylic acids is 1. The smallest absolute Gasteiger partial charge is 0.254 e. The first-order valence-electron chi connectivity index (χ1n) is 9.94. The van der Waals surface area contributed by atoms with E-state index in [0.29, 0.717) is 18.7 Å². The average molecular weight is 385 g/mol. The van der Waals surface area contributed by atoms with Crippen LogP contribution in [-0.2, 0) is 11.8 Å². The number of pyridine rings is 1. The highest BCUT2D eigenvalue weighted by molar-refractivity contribution is 5.94. The zero-order valence-corrected chi connectivity index (χ0v) is 16.2. The lowest BCUT2D eigenvalue weighted by molar-refractivity contribution is -0.0741. The third-order valence-corrected chi connectivity index (χ3v) is 5.59. The van der Waals surface area contributed by atoms with Crippen LogP contribution < -0.4 is 5.56 Å². The van der Waals surface area contributed by atoms with Crippen LogP contribution in [0.4, 0.5) is 0 Å². The molecule has 8 heteroatoms. The van der Waals surface area contributed by atoms with Gasteiger partial charge in [-0.05, 0) is 32.0 Å². The summed E-state index contributed by atoms with van der Waals surface area (Å²) in [5.41, 5.74) is 1.08. The molecule has 0 spiro atoms. The molecule has 8 nitrogen and oxygen atoms in total. The van der Waals surface area contributed by atoms with E-state index in [-0.39, 0.29) is 23.6 Å². The summed E-state index contributed by atoms with van der Waals surface area (Å²) in [5.74, 6) is -0.146. The fourth-order valence-electron chi connectivity index (χ4n) is 4.24. The second-order valence-electron chi connectivity index (χ2n) is 7.60. The van der Waals surface area contributed by atoms with E-state index in [0.717, 1.165) is 25.2 Å². The quantitative estimate of drug-likeness (QED) is 0.854. The maximum absolute atomic E-state index is 13.3. The number of amides is 1. The Bertz CT molecular complexity index is 870. The normalized spacial score (nSPS) is 23.7. The first-order valence-corrected chi connectivity index (χ1v) is 9.94. The summed E-state index contributed by atoms with van der Waals surface area (Å²) in [7, 11) is 1.87. The Morgan fingerprint density at radius 1 is 1.29 bits per heavy atom. The lowest BCUT2D eigenvalue weighted by atomic mass is 9.98. The van der Waals surface area contributed by atoms with E-state index in [9.17, 15) is 9.59 Å². The van der Waals surface area contributed by atoms with Gasteiger partial charge in [-0.15, -0.1) is 0 Å². The first-order chi connectivity index (χ1) is 13.6. The molecule has 1 amide bonds. The van der Waals surface area contributed by atoms with E-state index in [4.69, 9.17) is 4.74 Å². The topological polar surface area (TPSA) is 83.5 Å². The molecule has 2 aromatic rings. The molecule has 2 atom stereocenters. The molecule has 4 rings (SSSR count). The number of aromatic nitrogens is 3. The molecule has 28 heavy (non-hydrogen) atoms. The molecule has 0 bridgehead atoms. The van der Waals surface area contributed by atoms with Gasteiger partial charge >= 0.3 is 0 Å². The van der Waals surface area contributed by atoms with Crippen molar-refractivity contribution < 1.29 is 9.53 Å². The third-order valence-electron chi connectivity index (χ3n) is 5.59. The Balaban J connectivity index is 1.63. The van der Waals surface area contributed by atoms with Crippen molar-refractivity contribution >= 4 is 5.91 Å². The second kappa shape index (κ2) is 8.28. The summed E-state index contributed by atoms with van der Waals surface area (Å²) in [6, 6.07) is 2.79. The molecule has 0 unspecified atom stereocenters. The number of likely N-dealkylation sites (tertiary alicyclic amines) is 1. The average Bonchev–Trinajstić information content (AvgIpc) is 3.14. The van der Waals surface area contributed by atoms with Gasteiger partial charge in [0, 0.05) is 49.7 Å². The maximum Gasteiger partial charge on any atom is 0.254 e. The maximum atomic E-state index is 13.3. The number of H-pyrrole nitrogens is 1. The number of nitrogens with zero attached hydrogens (tertiary/aromatic N) is 4. The van der Waals surface area contributed by atoms with Crippen LogP contribution in [0.25, 0.3) is 0 Å². The van der Waals surface area contributed by atoms with Crippen molar-refractivity contribution in [2.24, 2.45) is 7.05 Å². The molecule has 4 heterocycles. The minimum absolute atomic E-state index is 0.123. The van der Waals surface area contributed by atoms with Crippen LogP contribution in [0.2, 0.25) is 0 Å². The summed E-state index contributed by atoms with van der Waals surface area (Å²) < 4.78 is 7.90. The number of hydrogen-bond acceptors (Lipinski definition) is 5. The zero-order chi connectivity index (χ0) is 19.5. The highest BCUT2D eigenvalue weighted by Gasteiger charge is 2.38. The molecule has 1 N–H and O–H groups in total. The number of hydrogen-bond donors (Lipinski definition) is 1. The Morgan fingerprint density at radius 2 is 2.11 bits per heavy atom. The molecule has 2 aliphatic heterocycles. The number of aryl methyl sites for hydroxylation is 1. The van der Waals surface area contributed by atoms with Gasteiger partial charge in [0.05, 0.1) is 24.9 Å². The summed E-state index contributed by atoms with van der Waals surface area (Å²) in [6.07, 6.45) is 8.84. The van der Waals surface area contributed by atoms with E-state index in [2.05, 4.69) is 15.0 Å². The largest absolute Gasteiger partial charge is 0.373 e. The van der Waals surface area contributed by atoms with Crippen LogP contribution in [0.15, 0.2) is 35.5 Å². The van der Waals surface area contributed by atoms with Gasteiger partial charge in [0.1, 0.15) is 0 Å². The summed E-state index contributed by atoms with van der Waals surface area (Å²) in [4.78, 5) is 31.8. The van der Waals surface area contributed by atoms with Gasteiger partial charge in [-0.25, -0.2) is 0 Å². The van der Waals surface area contributed by atoms with E-state index < -0.39 is 0 Å². The molecule has 150 valence electrons. The zero-order valence-electron chi connectivity index (χ0n) is 16.2. The van der Waals surface area contributed by atoms with Crippen LogP contribution in [0.3, 0.4) is 0 Å². The predicted molar refractivity (Wildman–Crippen MR) is 104 cm³/mol. The van der Waals surface area contributed by atoms with Crippen LogP contribution in [0.5, 0.6) is 0 Å². The van der Waals surface area contributed by atoms with Gasteiger partial charge in [0.25, 0.3) is 5.91 Å². The van der Waals surface area contributed by atoms with Crippen molar-refractivity contribution in [3.8, 4) is 0 Å². The minimum Gasteiger partial charge on any atom is -0.373 e. The summed E-state index contributed by atoms with van der Waals surface area (Å²) in [5, 5.41) is 4.31. The lowest BCUT2D eigenvalue weighted by Crippen LogP contribution is -2.52. The predicted octanol–water partition coefficient (Wildman–Crippen LogP) is 1.18. The van der Waals surface area contributed by atoms with Crippen molar-refractivity contribution in [2.45, 2.75) is 31.4 Å². The Kier molecular flexibility index (Phi) is 5.59. The van der Waals surface area contributed by atoms with Crippen LogP contribution in [-0.4, -0.2) is 69.4 Å². The number of ether oxygens (including phenoxy) is 1. The Hall–Kier alpha value is -2.45. The molecule has 2 aromatic heterocycles. The number of aromatic amines is 1. The standard InChI is InChI=1S/C20H27N5O3/c1-23-13-16(12-22-23)19-17(14-24-7-3-2-4-8-24)28-10-9-25(19)20(27)15-5-6-21-18(26)11-15/h5-6,11-13,17,19H,2-4,7-10,14H2,1H3,(H,21,26)/t17-,19-/m0/s1. The summed E-state index contributed by atoms with van der Waals surface area (Å²) >= 11 is 0. The first kappa shape index (κ1) is 18.9. The van der Waals surface area contributed by atoms with Crippen molar-refractivity contribution in [2.75, 3.05) is 32.8 Å². The number of morpholine rings is 1. The highest BCUT2D eigenvalue weighted by Crippen LogP contribution is 2.31. The Morgan fingerprint density at radius 3 is 2.82 bits per heavy atom. The van der Waals surface area contributed by atoms with Gasteiger partial charge in [0.15, 0.2) is 0 Å². The van der Waals surface area contributed by atoms with Crippen LogP contribution in [0, 0.1) is 0 Å². The van der Waals surface area contributed by atoms with Crippen molar-refractivity contribution in [3.63, 3.8) is 0 Å². The Labute approximate surface area is 164 Å². The lowest BCUT2D eigenvalue weighted by Gasteiger charge is -2.43. The molecule has 0 aromatic carbocycles. The number of rotatable bonds is 4. The SMILES string of the molecule is Cn1cc([C@H]2[C@H](CN3CCCCC3)OCCN2C(=O)c2cc[nH]c(=O)c2)cn1. The molecular formula is C20H27N5O3. The molecular weight excluding hydrogens is 358 g/mol. The summed E-state index contributed by atoms with van der Waals surface area (Å²) in [6.45, 7) is 3.91. The molecule has 0 saturated carbocycles. The van der Waals surface area contributed by atoms with Gasteiger partial charge in [-0.1, -0.05) is 6.42 Å². The van der Waals surface area contributed by atoms with Crippen LogP contribution >= 0.6 is 0 Å². The number of piperidine rings is 1.